The number of carboxylic acids is 1. The number of rotatable bonds is 8. The van der Waals surface area contributed by atoms with E-state index in [4.69, 9.17) is 9.84 Å². The summed E-state index contributed by atoms with van der Waals surface area (Å²) in [7, 11) is 0. The molecule has 130 valence electrons. The molecule has 2 amide bonds. The molecule has 0 bridgehead atoms. The fourth-order valence-electron chi connectivity index (χ4n) is 2.20. The van der Waals surface area contributed by atoms with Crippen LogP contribution in [0.1, 0.15) is 37.0 Å². The van der Waals surface area contributed by atoms with E-state index in [1.807, 2.05) is 6.92 Å². The number of carbonyl (C=O) groups excluding carboxylic acids is 2. The molecule has 24 heavy (non-hydrogen) atoms. The Morgan fingerprint density at radius 3 is 2.38 bits per heavy atom. The Hall–Kier alpha value is -2.41. The van der Waals surface area contributed by atoms with Gasteiger partial charge in [0, 0.05) is 17.9 Å². The Balaban J connectivity index is 1.93. The number of carboxylic acid groups (broad SMARTS) is 1. The molecular formula is C17H22N2O5. The largest absolute Gasteiger partial charge is 0.480 e. The molecule has 1 aliphatic carbocycles. The minimum atomic E-state index is -1.10. The Kier molecular flexibility index (Phi) is 5.56. The van der Waals surface area contributed by atoms with Gasteiger partial charge in [-0.25, -0.2) is 0 Å². The molecular weight excluding hydrogens is 312 g/mol. The third-order valence-electron chi connectivity index (χ3n) is 4.04. The van der Waals surface area contributed by atoms with Crippen LogP contribution in [0.25, 0.3) is 0 Å². The third-order valence-corrected chi connectivity index (χ3v) is 4.04. The molecule has 0 aromatic heterocycles. The van der Waals surface area contributed by atoms with E-state index in [9.17, 15) is 14.4 Å². The maximum Gasteiger partial charge on any atom is 0.325 e. The highest BCUT2D eigenvalue weighted by molar-refractivity contribution is 5.99. The zero-order valence-corrected chi connectivity index (χ0v) is 13.8. The maximum absolute atomic E-state index is 12.3. The molecule has 0 radical (unpaired) electrons. The van der Waals surface area contributed by atoms with Crippen molar-refractivity contribution < 1.29 is 24.2 Å². The summed E-state index contributed by atoms with van der Waals surface area (Å²) in [5.74, 6) is -1.65. The molecule has 3 N–H and O–H groups in total. The van der Waals surface area contributed by atoms with Crippen molar-refractivity contribution in [1.82, 2.24) is 5.32 Å². The monoisotopic (exact) mass is 334 g/mol. The second-order valence-corrected chi connectivity index (χ2v) is 5.98. The first-order valence-corrected chi connectivity index (χ1v) is 7.91. The first-order valence-electron chi connectivity index (χ1n) is 7.91. The summed E-state index contributed by atoms with van der Waals surface area (Å²) >= 11 is 0. The summed E-state index contributed by atoms with van der Waals surface area (Å²) < 4.78 is 5.36. The molecule has 0 spiro atoms. The Labute approximate surface area is 140 Å². The van der Waals surface area contributed by atoms with Crippen LogP contribution >= 0.6 is 0 Å². The molecule has 1 aliphatic rings. The molecule has 0 aliphatic heterocycles. The number of nitrogens with one attached hydrogen (secondary N) is 2. The Morgan fingerprint density at radius 2 is 1.88 bits per heavy atom. The summed E-state index contributed by atoms with van der Waals surface area (Å²) in [6.45, 7) is 4.28. The second kappa shape index (κ2) is 7.44. The predicted molar refractivity (Wildman–Crippen MR) is 87.8 cm³/mol. The van der Waals surface area contributed by atoms with E-state index in [1.165, 1.54) is 6.92 Å². The molecule has 1 aromatic carbocycles. The predicted octanol–water partition coefficient (Wildman–Crippen LogP) is 1.64. The molecule has 1 unspecified atom stereocenters. The summed E-state index contributed by atoms with van der Waals surface area (Å²) in [6, 6.07) is 5.36. The van der Waals surface area contributed by atoms with Crippen LogP contribution in [0.3, 0.4) is 0 Å². The lowest BCUT2D eigenvalue weighted by atomic mass is 10.1. The average molecular weight is 334 g/mol. The van der Waals surface area contributed by atoms with Crippen LogP contribution in [-0.4, -0.2) is 42.1 Å². The fourth-order valence-corrected chi connectivity index (χ4v) is 2.20. The normalized spacial score (nSPS) is 16.1. The van der Waals surface area contributed by atoms with Crippen LogP contribution in [0.4, 0.5) is 5.69 Å². The van der Waals surface area contributed by atoms with Gasteiger partial charge in [-0.1, -0.05) is 0 Å². The molecule has 1 atom stereocenters. The van der Waals surface area contributed by atoms with Crippen molar-refractivity contribution in [3.8, 4) is 0 Å². The van der Waals surface area contributed by atoms with Gasteiger partial charge in [-0.15, -0.1) is 0 Å². The summed E-state index contributed by atoms with van der Waals surface area (Å²) in [5, 5.41) is 14.0. The van der Waals surface area contributed by atoms with E-state index < -0.39 is 23.3 Å². The van der Waals surface area contributed by atoms with Crippen molar-refractivity contribution >= 4 is 23.5 Å². The Bertz CT molecular complexity index is 622. The SMILES string of the molecule is CCOCC1(C(=O)Nc2ccc(C(=O)NC(C)C(=O)O)cc2)CC1. The van der Waals surface area contributed by atoms with Crippen molar-refractivity contribution in [2.45, 2.75) is 32.7 Å². The van der Waals surface area contributed by atoms with Gasteiger partial charge in [-0.3, -0.25) is 14.4 Å². The lowest BCUT2D eigenvalue weighted by Crippen LogP contribution is -2.38. The van der Waals surface area contributed by atoms with Crippen LogP contribution in [0.2, 0.25) is 0 Å². The lowest BCUT2D eigenvalue weighted by Gasteiger charge is -2.15. The van der Waals surface area contributed by atoms with Crippen molar-refractivity contribution in [3.05, 3.63) is 29.8 Å². The number of hydrogen-bond donors (Lipinski definition) is 3. The summed E-state index contributed by atoms with van der Waals surface area (Å²) in [4.78, 5) is 35.0. The van der Waals surface area contributed by atoms with Crippen LogP contribution in [-0.2, 0) is 14.3 Å². The van der Waals surface area contributed by atoms with Gasteiger partial charge in [0.25, 0.3) is 5.91 Å². The number of amides is 2. The molecule has 0 saturated heterocycles. The highest BCUT2D eigenvalue weighted by Crippen LogP contribution is 2.46. The van der Waals surface area contributed by atoms with Crippen molar-refractivity contribution in [2.24, 2.45) is 5.41 Å². The van der Waals surface area contributed by atoms with E-state index in [1.54, 1.807) is 24.3 Å². The quantitative estimate of drug-likeness (QED) is 0.670. The van der Waals surface area contributed by atoms with E-state index in [0.717, 1.165) is 12.8 Å². The van der Waals surface area contributed by atoms with Gasteiger partial charge >= 0.3 is 5.97 Å². The van der Waals surface area contributed by atoms with E-state index in [0.29, 0.717) is 24.5 Å². The molecule has 1 aromatic rings. The number of anilines is 1. The highest BCUT2D eigenvalue weighted by atomic mass is 16.5. The van der Waals surface area contributed by atoms with E-state index >= 15 is 0 Å². The number of carbonyl (C=O) groups is 3. The number of benzene rings is 1. The van der Waals surface area contributed by atoms with E-state index in [2.05, 4.69) is 10.6 Å². The van der Waals surface area contributed by atoms with Gasteiger partial charge in [-0.05, 0) is 51.0 Å². The van der Waals surface area contributed by atoms with Gasteiger partial charge in [0.1, 0.15) is 6.04 Å². The zero-order valence-electron chi connectivity index (χ0n) is 13.8. The number of ether oxygens (including phenoxy) is 1. The molecule has 1 saturated carbocycles. The lowest BCUT2D eigenvalue weighted by molar-refractivity contribution is -0.138. The van der Waals surface area contributed by atoms with Crippen LogP contribution in [0, 0.1) is 5.41 Å². The minimum absolute atomic E-state index is 0.0762. The highest BCUT2D eigenvalue weighted by Gasteiger charge is 2.50. The average Bonchev–Trinajstić information content (AvgIpc) is 3.34. The molecule has 1 fully saturated rings. The summed E-state index contributed by atoms with van der Waals surface area (Å²) in [5.41, 5.74) is 0.491. The van der Waals surface area contributed by atoms with Crippen molar-refractivity contribution in [2.75, 3.05) is 18.5 Å². The molecule has 7 nitrogen and oxygen atoms in total. The van der Waals surface area contributed by atoms with Crippen LogP contribution in [0.15, 0.2) is 24.3 Å². The first kappa shape index (κ1) is 17.9. The topological polar surface area (TPSA) is 105 Å². The van der Waals surface area contributed by atoms with Gasteiger partial charge in [0.15, 0.2) is 0 Å². The Morgan fingerprint density at radius 1 is 1.25 bits per heavy atom. The smallest absolute Gasteiger partial charge is 0.325 e. The van der Waals surface area contributed by atoms with Crippen LogP contribution in [0.5, 0.6) is 0 Å². The van der Waals surface area contributed by atoms with E-state index in [-0.39, 0.29) is 5.91 Å². The minimum Gasteiger partial charge on any atom is -0.480 e. The molecule has 0 heterocycles. The standard InChI is InChI=1S/C17H22N2O5/c1-3-24-10-17(8-9-17)16(23)19-13-6-4-12(5-7-13)14(20)18-11(2)15(21)22/h4-7,11H,3,8-10H2,1-2H3,(H,18,20)(H,19,23)(H,21,22). The maximum atomic E-state index is 12.3. The summed E-state index contributed by atoms with van der Waals surface area (Å²) in [6.07, 6.45) is 1.62. The first-order chi connectivity index (χ1) is 11.4. The number of hydrogen-bond acceptors (Lipinski definition) is 4. The van der Waals surface area contributed by atoms with Gasteiger partial charge in [0.2, 0.25) is 5.91 Å². The van der Waals surface area contributed by atoms with Crippen molar-refractivity contribution in [3.63, 3.8) is 0 Å². The second-order valence-electron chi connectivity index (χ2n) is 5.98. The molecule has 2 rings (SSSR count). The van der Waals surface area contributed by atoms with Gasteiger partial charge in [-0.2, -0.15) is 0 Å². The third kappa shape index (κ3) is 4.32. The van der Waals surface area contributed by atoms with Crippen LogP contribution < -0.4 is 10.6 Å². The van der Waals surface area contributed by atoms with Gasteiger partial charge in [0.05, 0.1) is 12.0 Å². The van der Waals surface area contributed by atoms with Gasteiger partial charge < -0.3 is 20.5 Å². The van der Waals surface area contributed by atoms with Crippen molar-refractivity contribution in [1.29, 1.82) is 0 Å². The zero-order chi connectivity index (χ0) is 17.7. The molecule has 7 heteroatoms. The fraction of sp³-hybridized carbons (Fsp3) is 0.471. The number of aliphatic carboxylic acids is 1.